The van der Waals surface area contributed by atoms with Crippen molar-refractivity contribution in [2.75, 3.05) is 38.5 Å². The number of anilines is 1. The van der Waals surface area contributed by atoms with Crippen LogP contribution in [0.5, 0.6) is 0 Å². The number of aromatic nitrogens is 3. The number of aryl methyl sites for hydroxylation is 1. The number of nitrogen functional groups attached to an aromatic ring is 1. The summed E-state index contributed by atoms with van der Waals surface area (Å²) in [6.45, 7) is 5.40. The molecule has 2 fully saturated rings. The lowest BCUT2D eigenvalue weighted by Crippen LogP contribution is -2.57. The molecule has 2 aromatic rings. The van der Waals surface area contributed by atoms with E-state index in [0.717, 1.165) is 51.1 Å². The Balaban J connectivity index is 1.29. The van der Waals surface area contributed by atoms with E-state index in [1.807, 2.05) is 29.3 Å². The highest BCUT2D eigenvalue weighted by Crippen LogP contribution is 2.31. The van der Waals surface area contributed by atoms with E-state index in [2.05, 4.69) is 15.0 Å². The van der Waals surface area contributed by atoms with Crippen molar-refractivity contribution in [1.29, 1.82) is 0 Å². The summed E-state index contributed by atoms with van der Waals surface area (Å²) in [5, 5.41) is 4.16. The van der Waals surface area contributed by atoms with Crippen molar-refractivity contribution in [3.63, 3.8) is 0 Å². The maximum atomic E-state index is 12.5. The maximum absolute atomic E-state index is 12.5. The van der Waals surface area contributed by atoms with Crippen LogP contribution in [0.4, 0.5) is 5.82 Å². The predicted octanol–water partition coefficient (Wildman–Crippen LogP) is 1.14. The first-order valence-corrected chi connectivity index (χ1v) is 9.94. The highest BCUT2D eigenvalue weighted by molar-refractivity contribution is 5.76. The Morgan fingerprint density at radius 1 is 1.21 bits per heavy atom. The largest absolute Gasteiger partial charge is 0.383 e. The Morgan fingerprint density at radius 2 is 2.07 bits per heavy atom. The van der Waals surface area contributed by atoms with Crippen LogP contribution in [0, 0.1) is 0 Å². The Morgan fingerprint density at radius 3 is 2.82 bits per heavy atom. The van der Waals surface area contributed by atoms with Crippen LogP contribution in [0.2, 0.25) is 0 Å². The number of carbonyl (C=O) groups is 1. The number of ether oxygens (including phenoxy) is 1. The van der Waals surface area contributed by atoms with Gasteiger partial charge in [-0.3, -0.25) is 14.4 Å². The van der Waals surface area contributed by atoms with Crippen LogP contribution in [0.1, 0.15) is 24.8 Å². The SMILES string of the molecule is Nc1ncccc1CN1CCOC2(CCN(C(=O)CCn3cccn3)CC2)C1. The molecule has 2 aromatic heterocycles. The molecule has 1 amide bonds. The number of nitrogens with zero attached hydrogens (tertiary/aromatic N) is 5. The van der Waals surface area contributed by atoms with Gasteiger partial charge in [-0.1, -0.05) is 6.07 Å². The van der Waals surface area contributed by atoms with Crippen LogP contribution < -0.4 is 5.73 Å². The Kier molecular flexibility index (Phi) is 5.59. The summed E-state index contributed by atoms with van der Waals surface area (Å²) in [5.41, 5.74) is 6.91. The number of nitrogens with two attached hydrogens (primary N) is 1. The minimum atomic E-state index is -0.159. The Hall–Kier alpha value is -2.45. The molecule has 8 heteroatoms. The van der Waals surface area contributed by atoms with Crippen molar-refractivity contribution < 1.29 is 9.53 Å². The van der Waals surface area contributed by atoms with E-state index in [-0.39, 0.29) is 11.5 Å². The first-order valence-electron chi connectivity index (χ1n) is 9.94. The molecule has 1 spiro atoms. The van der Waals surface area contributed by atoms with Gasteiger partial charge in [-0.15, -0.1) is 0 Å². The van der Waals surface area contributed by atoms with Gasteiger partial charge in [0, 0.05) is 69.8 Å². The fourth-order valence-electron chi connectivity index (χ4n) is 4.15. The maximum Gasteiger partial charge on any atom is 0.224 e. The van der Waals surface area contributed by atoms with Gasteiger partial charge in [0.15, 0.2) is 0 Å². The van der Waals surface area contributed by atoms with Crippen molar-refractivity contribution in [2.24, 2.45) is 0 Å². The normalized spacial score (nSPS) is 19.8. The predicted molar refractivity (Wildman–Crippen MR) is 105 cm³/mol. The van der Waals surface area contributed by atoms with E-state index in [9.17, 15) is 4.79 Å². The molecule has 4 heterocycles. The standard InChI is InChI=1S/C20H28N6O2/c21-19-17(3-1-7-22-19)15-24-13-14-28-20(16-24)5-11-25(12-6-20)18(27)4-10-26-9-2-8-23-26/h1-3,7-9H,4-6,10-16H2,(H2,21,22). The summed E-state index contributed by atoms with van der Waals surface area (Å²) < 4.78 is 8.01. The fraction of sp³-hybridized carbons (Fsp3) is 0.550. The molecular weight excluding hydrogens is 356 g/mol. The summed E-state index contributed by atoms with van der Waals surface area (Å²) in [6, 6.07) is 5.83. The van der Waals surface area contributed by atoms with Crippen molar-refractivity contribution in [1.82, 2.24) is 24.6 Å². The molecule has 150 valence electrons. The van der Waals surface area contributed by atoms with Gasteiger partial charge in [0.25, 0.3) is 0 Å². The summed E-state index contributed by atoms with van der Waals surface area (Å²) in [4.78, 5) is 21.1. The van der Waals surface area contributed by atoms with Gasteiger partial charge in [0.1, 0.15) is 5.82 Å². The first-order chi connectivity index (χ1) is 13.6. The summed E-state index contributed by atoms with van der Waals surface area (Å²) in [5.74, 6) is 0.793. The zero-order valence-electron chi connectivity index (χ0n) is 16.2. The first kappa shape index (κ1) is 18.9. The molecule has 0 saturated carbocycles. The van der Waals surface area contributed by atoms with E-state index in [1.165, 1.54) is 0 Å². The second-order valence-corrected chi connectivity index (χ2v) is 7.69. The van der Waals surface area contributed by atoms with Gasteiger partial charge >= 0.3 is 0 Å². The topological polar surface area (TPSA) is 89.5 Å². The zero-order chi connectivity index (χ0) is 19.4. The monoisotopic (exact) mass is 384 g/mol. The molecule has 0 radical (unpaired) electrons. The minimum Gasteiger partial charge on any atom is -0.383 e. The number of pyridine rings is 1. The molecule has 2 aliphatic heterocycles. The molecule has 0 aliphatic carbocycles. The van der Waals surface area contributed by atoms with Gasteiger partial charge < -0.3 is 15.4 Å². The molecule has 0 unspecified atom stereocenters. The van der Waals surface area contributed by atoms with Gasteiger partial charge in [-0.25, -0.2) is 4.98 Å². The third-order valence-electron chi connectivity index (χ3n) is 5.79. The zero-order valence-corrected chi connectivity index (χ0v) is 16.2. The number of amides is 1. The lowest BCUT2D eigenvalue weighted by atomic mass is 9.89. The van der Waals surface area contributed by atoms with E-state index in [0.29, 0.717) is 25.4 Å². The third-order valence-corrected chi connectivity index (χ3v) is 5.79. The number of piperidine rings is 1. The molecule has 0 aromatic carbocycles. The van der Waals surface area contributed by atoms with Crippen LogP contribution in [0.3, 0.4) is 0 Å². The summed E-state index contributed by atoms with van der Waals surface area (Å²) in [7, 11) is 0. The molecular formula is C20H28N6O2. The van der Waals surface area contributed by atoms with E-state index in [4.69, 9.17) is 10.5 Å². The number of morpholine rings is 1. The molecule has 8 nitrogen and oxygen atoms in total. The van der Waals surface area contributed by atoms with Gasteiger partial charge in [0.05, 0.1) is 12.2 Å². The Bertz CT molecular complexity index is 786. The number of hydrogen-bond acceptors (Lipinski definition) is 6. The smallest absolute Gasteiger partial charge is 0.224 e. The van der Waals surface area contributed by atoms with Crippen LogP contribution in [-0.2, 0) is 22.6 Å². The highest BCUT2D eigenvalue weighted by Gasteiger charge is 2.40. The van der Waals surface area contributed by atoms with Gasteiger partial charge in [-0.2, -0.15) is 5.10 Å². The number of hydrogen-bond donors (Lipinski definition) is 1. The van der Waals surface area contributed by atoms with E-state index >= 15 is 0 Å². The third kappa shape index (κ3) is 4.34. The van der Waals surface area contributed by atoms with Crippen molar-refractivity contribution in [3.8, 4) is 0 Å². The molecule has 28 heavy (non-hydrogen) atoms. The molecule has 2 saturated heterocycles. The van der Waals surface area contributed by atoms with Crippen LogP contribution >= 0.6 is 0 Å². The molecule has 2 aliphatic rings. The van der Waals surface area contributed by atoms with Crippen molar-refractivity contribution >= 4 is 11.7 Å². The van der Waals surface area contributed by atoms with Crippen molar-refractivity contribution in [3.05, 3.63) is 42.4 Å². The summed E-state index contributed by atoms with van der Waals surface area (Å²) in [6.07, 6.45) is 7.58. The minimum absolute atomic E-state index is 0.159. The lowest BCUT2D eigenvalue weighted by molar-refractivity contribution is -0.151. The average molecular weight is 384 g/mol. The fourth-order valence-corrected chi connectivity index (χ4v) is 4.15. The number of likely N-dealkylation sites (tertiary alicyclic amines) is 1. The molecule has 0 bridgehead atoms. The second kappa shape index (κ2) is 8.28. The number of rotatable bonds is 5. The molecule has 0 atom stereocenters. The van der Waals surface area contributed by atoms with Crippen molar-refractivity contribution in [2.45, 2.75) is 38.0 Å². The number of carbonyl (C=O) groups excluding carboxylic acids is 1. The second-order valence-electron chi connectivity index (χ2n) is 7.69. The van der Waals surface area contributed by atoms with E-state index < -0.39 is 0 Å². The quantitative estimate of drug-likeness (QED) is 0.832. The van der Waals surface area contributed by atoms with Gasteiger partial charge in [0.2, 0.25) is 5.91 Å². The molecule has 4 rings (SSSR count). The van der Waals surface area contributed by atoms with Crippen LogP contribution in [-0.4, -0.2) is 68.9 Å². The highest BCUT2D eigenvalue weighted by atomic mass is 16.5. The Labute approximate surface area is 165 Å². The van der Waals surface area contributed by atoms with Gasteiger partial charge in [-0.05, 0) is 25.0 Å². The summed E-state index contributed by atoms with van der Waals surface area (Å²) >= 11 is 0. The van der Waals surface area contributed by atoms with Crippen LogP contribution in [0.15, 0.2) is 36.8 Å². The molecule has 2 N–H and O–H groups in total. The van der Waals surface area contributed by atoms with E-state index in [1.54, 1.807) is 17.1 Å². The van der Waals surface area contributed by atoms with Crippen LogP contribution in [0.25, 0.3) is 0 Å². The lowest BCUT2D eigenvalue weighted by Gasteiger charge is -2.47. The average Bonchev–Trinajstić information content (AvgIpc) is 3.22.